The first kappa shape index (κ1) is 17.9. The van der Waals surface area contributed by atoms with Crippen molar-refractivity contribution in [2.45, 2.75) is 62.7 Å². The van der Waals surface area contributed by atoms with Gasteiger partial charge in [-0.15, -0.1) is 0 Å². The van der Waals surface area contributed by atoms with Gasteiger partial charge in [-0.25, -0.2) is 0 Å². The van der Waals surface area contributed by atoms with E-state index in [4.69, 9.17) is 18.5 Å². The highest BCUT2D eigenvalue weighted by atomic mass is 31.2. The predicted molar refractivity (Wildman–Crippen MR) is 89.9 cm³/mol. The Balaban J connectivity index is 2.06. The molecule has 5 nitrogen and oxygen atoms in total. The van der Waals surface area contributed by atoms with Gasteiger partial charge in [-0.1, -0.05) is 6.92 Å². The Morgan fingerprint density at radius 2 is 1.48 bits per heavy atom. The molecule has 21 heavy (non-hydrogen) atoms. The fraction of sp³-hybridized carbons (Fsp3) is 1.00. The molecule has 0 aromatic heterocycles. The van der Waals surface area contributed by atoms with Crippen LogP contribution in [0.1, 0.15) is 51.9 Å². The van der Waals surface area contributed by atoms with Crippen molar-refractivity contribution in [1.29, 1.82) is 0 Å². The van der Waals surface area contributed by atoms with Crippen molar-refractivity contribution in [2.75, 3.05) is 19.4 Å². The van der Waals surface area contributed by atoms with Crippen LogP contribution in [0.3, 0.4) is 0 Å². The molecule has 2 aliphatic rings. The van der Waals surface area contributed by atoms with E-state index < -0.39 is 18.4 Å². The van der Waals surface area contributed by atoms with Gasteiger partial charge in [0.2, 0.25) is 0 Å². The number of hydrogen-bond donors (Lipinski definition) is 0. The minimum absolute atomic E-state index is 0.438. The van der Waals surface area contributed by atoms with Crippen LogP contribution in [0.15, 0.2) is 0 Å². The molecule has 0 spiro atoms. The first-order valence-electron chi connectivity index (χ1n) is 8.17. The minimum atomic E-state index is -3.17. The van der Waals surface area contributed by atoms with Crippen LogP contribution in [0.25, 0.3) is 0 Å². The van der Waals surface area contributed by atoms with Gasteiger partial charge in [-0.3, -0.25) is 13.6 Å². The smallest absolute Gasteiger partial charge is 0.335 e. The maximum atomic E-state index is 13.2. The monoisotopic (exact) mass is 352 g/mol. The molecule has 0 amide bonds. The molecule has 8 heteroatoms. The highest BCUT2D eigenvalue weighted by molar-refractivity contribution is 7.54. The lowest BCUT2D eigenvalue weighted by Crippen LogP contribution is -2.43. The Bertz CT molecular complexity index is 351. The summed E-state index contributed by atoms with van der Waals surface area (Å²) in [4.78, 5) is 0. The summed E-state index contributed by atoms with van der Waals surface area (Å²) in [6, 6.07) is 0. The van der Waals surface area contributed by atoms with Crippen LogP contribution in [0, 0.1) is 0 Å². The summed E-state index contributed by atoms with van der Waals surface area (Å²) in [5, 5.41) is 0. The molecule has 2 unspecified atom stereocenters. The van der Waals surface area contributed by atoms with Crippen molar-refractivity contribution in [3.8, 4) is 0 Å². The first-order valence-corrected chi connectivity index (χ1v) is 11.9. The maximum Gasteiger partial charge on any atom is 0.335 e. The van der Waals surface area contributed by atoms with Crippen LogP contribution >= 0.6 is 7.60 Å². The molecule has 0 aromatic carbocycles. The lowest BCUT2D eigenvalue weighted by molar-refractivity contribution is -0.177. The average Bonchev–Trinajstić information content (AvgIpc) is 2.38. The largest absolute Gasteiger partial charge is 0.354 e. The summed E-state index contributed by atoms with van der Waals surface area (Å²) in [5.74, 6) is 0. The van der Waals surface area contributed by atoms with Crippen LogP contribution in [0.5, 0.6) is 0 Å². The Kier molecular flexibility index (Phi) is 6.28. The van der Waals surface area contributed by atoms with Gasteiger partial charge >= 0.3 is 7.60 Å². The summed E-state index contributed by atoms with van der Waals surface area (Å²) in [6.45, 7) is 3.39. The third-order valence-corrected chi connectivity index (χ3v) is 9.02. The third kappa shape index (κ3) is 5.27. The van der Waals surface area contributed by atoms with Gasteiger partial charge in [0, 0.05) is 13.2 Å². The van der Waals surface area contributed by atoms with Gasteiger partial charge in [-0.05, 0) is 44.9 Å². The summed E-state index contributed by atoms with van der Waals surface area (Å²) < 4.78 is 36.8. The predicted octanol–water partition coefficient (Wildman–Crippen LogP) is 1.06. The standard InChI is InChI=1S/C13H29O5PSi2/c1-2-11-19(14,17-12(20)7-3-5-9-15-12)18-13(21)8-4-6-10-16-13/h2-11H2,1,20-21H3. The number of hydrogen-bond acceptors (Lipinski definition) is 5. The summed E-state index contributed by atoms with van der Waals surface area (Å²) in [7, 11) is -1.77. The molecular formula is C13H29O5PSi2. The van der Waals surface area contributed by atoms with Gasteiger partial charge < -0.3 is 9.47 Å². The molecule has 2 saturated heterocycles. The molecule has 0 saturated carbocycles. The Labute approximate surface area is 133 Å². The first-order chi connectivity index (χ1) is 9.89. The summed E-state index contributed by atoms with van der Waals surface area (Å²) in [6.07, 6.45) is 7.10. The molecule has 0 bridgehead atoms. The second-order valence-corrected chi connectivity index (χ2v) is 11.5. The molecule has 124 valence electrons. The van der Waals surface area contributed by atoms with Gasteiger partial charge in [0.15, 0.2) is 10.8 Å². The fourth-order valence-corrected chi connectivity index (χ4v) is 7.95. The number of rotatable bonds is 6. The summed E-state index contributed by atoms with van der Waals surface area (Å²) in [5.41, 5.74) is -1.29. The van der Waals surface area contributed by atoms with E-state index in [0.29, 0.717) is 39.9 Å². The third-order valence-electron chi connectivity index (χ3n) is 4.03. The molecule has 0 radical (unpaired) electrons. The zero-order chi connectivity index (χ0) is 15.4. The topological polar surface area (TPSA) is 54.0 Å². The highest BCUT2D eigenvalue weighted by Crippen LogP contribution is 2.56. The lowest BCUT2D eigenvalue weighted by atomic mass is 10.2. The van der Waals surface area contributed by atoms with E-state index >= 15 is 0 Å². The maximum absolute atomic E-state index is 13.2. The fourth-order valence-electron chi connectivity index (χ4n) is 2.93. The molecular weight excluding hydrogens is 323 g/mol. The van der Waals surface area contributed by atoms with E-state index in [1.165, 1.54) is 0 Å². The van der Waals surface area contributed by atoms with Gasteiger partial charge in [-0.2, -0.15) is 0 Å². The van der Waals surface area contributed by atoms with Crippen LogP contribution in [0.2, 0.25) is 0 Å². The van der Waals surface area contributed by atoms with Gasteiger partial charge in [0.25, 0.3) is 0 Å². The van der Waals surface area contributed by atoms with Crippen molar-refractivity contribution < 1.29 is 23.1 Å². The van der Waals surface area contributed by atoms with Gasteiger partial charge in [0.05, 0.1) is 26.6 Å². The van der Waals surface area contributed by atoms with E-state index in [9.17, 15) is 4.57 Å². The van der Waals surface area contributed by atoms with Crippen LogP contribution in [0.4, 0.5) is 0 Å². The zero-order valence-corrected chi connectivity index (χ0v) is 18.5. The summed E-state index contributed by atoms with van der Waals surface area (Å²) >= 11 is 0. The Hall–Kier alpha value is 0.504. The second-order valence-electron chi connectivity index (χ2n) is 6.40. The van der Waals surface area contributed by atoms with Crippen molar-refractivity contribution in [3.05, 3.63) is 0 Å². The SMILES string of the molecule is CCCP(=O)(OC1([SiH3])CCCCO1)OC1([SiH3])CCCCO1. The Morgan fingerprint density at radius 1 is 1.00 bits per heavy atom. The normalized spacial score (nSPS) is 37.4. The highest BCUT2D eigenvalue weighted by Gasteiger charge is 2.43. The van der Waals surface area contributed by atoms with Crippen molar-refractivity contribution >= 4 is 28.1 Å². The molecule has 2 rings (SSSR count). The molecule has 2 heterocycles. The molecule has 2 fully saturated rings. The molecule has 0 aromatic rings. The zero-order valence-electron chi connectivity index (χ0n) is 13.6. The van der Waals surface area contributed by atoms with E-state index in [0.717, 1.165) is 44.9 Å². The van der Waals surface area contributed by atoms with Gasteiger partial charge in [0.1, 0.15) is 0 Å². The van der Waals surface area contributed by atoms with Crippen molar-refractivity contribution in [3.63, 3.8) is 0 Å². The second kappa shape index (κ2) is 7.38. The van der Waals surface area contributed by atoms with Crippen molar-refractivity contribution in [1.82, 2.24) is 0 Å². The van der Waals surface area contributed by atoms with Crippen LogP contribution in [-0.4, -0.2) is 50.7 Å². The van der Waals surface area contributed by atoms with Crippen LogP contribution in [-0.2, 0) is 23.1 Å². The molecule has 0 N–H and O–H groups in total. The number of ether oxygens (including phenoxy) is 2. The molecule has 0 aliphatic carbocycles. The average molecular weight is 353 g/mol. The van der Waals surface area contributed by atoms with Crippen molar-refractivity contribution in [2.24, 2.45) is 0 Å². The Morgan fingerprint density at radius 3 is 1.81 bits per heavy atom. The molecule has 2 atom stereocenters. The van der Waals surface area contributed by atoms with E-state index in [1.54, 1.807) is 0 Å². The minimum Gasteiger partial charge on any atom is -0.354 e. The quantitative estimate of drug-likeness (QED) is 0.529. The van der Waals surface area contributed by atoms with E-state index in [2.05, 4.69) is 0 Å². The van der Waals surface area contributed by atoms with Crippen LogP contribution < -0.4 is 0 Å². The van der Waals surface area contributed by atoms with E-state index in [-0.39, 0.29) is 0 Å². The van der Waals surface area contributed by atoms with E-state index in [1.807, 2.05) is 6.92 Å². The molecule has 2 aliphatic heterocycles. The lowest BCUT2D eigenvalue weighted by Gasteiger charge is -2.41.